The summed E-state index contributed by atoms with van der Waals surface area (Å²) in [6.45, 7) is 3.42. The Bertz CT molecular complexity index is 1220. The molecule has 2 amide bonds. The molecule has 0 saturated heterocycles. The maximum atomic E-state index is 12.2. The van der Waals surface area contributed by atoms with Crippen molar-refractivity contribution in [3.8, 4) is 20.5 Å². The Balaban J connectivity index is 1.33. The fourth-order valence-corrected chi connectivity index (χ4v) is 5.28. The van der Waals surface area contributed by atoms with Crippen molar-refractivity contribution in [3.63, 3.8) is 0 Å². The molecule has 4 aromatic rings. The van der Waals surface area contributed by atoms with Crippen molar-refractivity contribution >= 4 is 57.6 Å². The van der Waals surface area contributed by atoms with Crippen LogP contribution in [-0.2, 0) is 9.59 Å². The van der Waals surface area contributed by atoms with Crippen molar-refractivity contribution in [2.45, 2.75) is 18.9 Å². The van der Waals surface area contributed by atoms with E-state index >= 15 is 0 Å². The smallest absolute Gasteiger partial charge is 0.234 e. The molecule has 3 aromatic heterocycles. The van der Waals surface area contributed by atoms with Gasteiger partial charge >= 0.3 is 0 Å². The van der Waals surface area contributed by atoms with Crippen LogP contribution in [0.2, 0.25) is 0 Å². The first kappa shape index (κ1) is 22.1. The first-order valence-electron chi connectivity index (χ1n) is 9.63. The number of carbonyl (C=O) groups is 2. The van der Waals surface area contributed by atoms with Gasteiger partial charge in [-0.3, -0.25) is 9.59 Å². The number of rotatable bonds is 7. The number of aromatic nitrogens is 3. The van der Waals surface area contributed by atoms with Gasteiger partial charge in [-0.15, -0.1) is 32.9 Å². The molecule has 0 radical (unpaired) electrons. The summed E-state index contributed by atoms with van der Waals surface area (Å²) < 4.78 is 0. The number of nitrogens with zero attached hydrogens (tertiary/aromatic N) is 3. The molecule has 0 aliphatic heterocycles. The number of aryl methyl sites for hydroxylation is 1. The Morgan fingerprint density at radius 3 is 2.38 bits per heavy atom. The summed E-state index contributed by atoms with van der Waals surface area (Å²) in [5.74, 6) is -0.0744. The van der Waals surface area contributed by atoms with E-state index in [1.54, 1.807) is 46.9 Å². The first-order valence-corrected chi connectivity index (χ1v) is 12.3. The molecule has 0 bridgehead atoms. The predicted octanol–water partition coefficient (Wildman–Crippen LogP) is 5.33. The third-order valence-corrected chi connectivity index (χ3v) is 7.38. The first-order chi connectivity index (χ1) is 15.5. The van der Waals surface area contributed by atoms with E-state index in [9.17, 15) is 9.59 Å². The molecule has 0 fully saturated rings. The molecule has 0 saturated carbocycles. The van der Waals surface area contributed by atoms with E-state index in [-0.39, 0.29) is 17.6 Å². The highest BCUT2D eigenvalue weighted by atomic mass is 32.2. The van der Waals surface area contributed by atoms with E-state index in [1.807, 2.05) is 30.5 Å². The van der Waals surface area contributed by atoms with Gasteiger partial charge in [-0.05, 0) is 54.8 Å². The molecular formula is C22H19N5O2S3. The summed E-state index contributed by atoms with van der Waals surface area (Å²) in [7, 11) is 0. The number of thiophene rings is 1. The van der Waals surface area contributed by atoms with Crippen molar-refractivity contribution in [1.82, 2.24) is 15.2 Å². The van der Waals surface area contributed by atoms with E-state index in [2.05, 4.69) is 31.9 Å². The van der Waals surface area contributed by atoms with Crippen molar-refractivity contribution < 1.29 is 9.59 Å². The van der Waals surface area contributed by atoms with Gasteiger partial charge < -0.3 is 10.6 Å². The van der Waals surface area contributed by atoms with Crippen LogP contribution in [0.1, 0.15) is 12.6 Å². The molecule has 4 rings (SSSR count). The van der Waals surface area contributed by atoms with E-state index in [0.717, 1.165) is 26.1 Å². The molecule has 0 spiro atoms. The van der Waals surface area contributed by atoms with Crippen LogP contribution in [-0.4, -0.2) is 32.7 Å². The SMILES string of the molecule is CC(=O)Nc1ccc(NC(=O)CSc2ccc(-c3sc(-c4cccs4)nc3C)nn2)cc1. The third kappa shape index (κ3) is 5.58. The van der Waals surface area contributed by atoms with E-state index in [0.29, 0.717) is 16.4 Å². The number of amides is 2. The van der Waals surface area contributed by atoms with Gasteiger partial charge in [0, 0.05) is 18.3 Å². The zero-order valence-corrected chi connectivity index (χ0v) is 19.7. The summed E-state index contributed by atoms with van der Waals surface area (Å²) in [6.07, 6.45) is 0. The predicted molar refractivity (Wildman–Crippen MR) is 131 cm³/mol. The summed E-state index contributed by atoms with van der Waals surface area (Å²) in [5.41, 5.74) is 3.04. The highest BCUT2D eigenvalue weighted by Gasteiger charge is 2.14. The normalized spacial score (nSPS) is 10.7. The Morgan fingerprint density at radius 1 is 1.00 bits per heavy atom. The lowest BCUT2D eigenvalue weighted by Gasteiger charge is -2.07. The molecule has 10 heteroatoms. The van der Waals surface area contributed by atoms with Gasteiger partial charge in [0.25, 0.3) is 0 Å². The van der Waals surface area contributed by atoms with Crippen molar-refractivity contribution in [3.05, 3.63) is 59.6 Å². The third-order valence-electron chi connectivity index (χ3n) is 4.24. The topological polar surface area (TPSA) is 96.9 Å². The number of thiazole rings is 1. The second-order valence-electron chi connectivity index (χ2n) is 6.76. The van der Waals surface area contributed by atoms with Gasteiger partial charge in [0.05, 0.1) is 21.2 Å². The Morgan fingerprint density at radius 2 is 1.75 bits per heavy atom. The molecule has 162 valence electrons. The number of benzene rings is 1. The standard InChI is InChI=1S/C22H19N5O2S3/c1-13-21(32-22(23-13)18-4-3-11-30-18)17-9-10-20(27-26-17)31-12-19(29)25-16-7-5-15(6-8-16)24-14(2)28/h3-11H,12H2,1-2H3,(H,24,28)(H,25,29). The van der Waals surface area contributed by atoms with Crippen LogP contribution in [0, 0.1) is 6.92 Å². The van der Waals surface area contributed by atoms with E-state index in [1.165, 1.54) is 18.7 Å². The van der Waals surface area contributed by atoms with Crippen LogP contribution in [0.4, 0.5) is 11.4 Å². The van der Waals surface area contributed by atoms with Gasteiger partial charge in [-0.2, -0.15) is 0 Å². The van der Waals surface area contributed by atoms with Gasteiger partial charge in [0.15, 0.2) is 0 Å². The number of nitrogens with one attached hydrogen (secondary N) is 2. The van der Waals surface area contributed by atoms with Crippen molar-refractivity contribution in [1.29, 1.82) is 0 Å². The highest BCUT2D eigenvalue weighted by Crippen LogP contribution is 2.36. The van der Waals surface area contributed by atoms with Gasteiger partial charge in [-0.25, -0.2) is 4.98 Å². The number of hydrogen-bond acceptors (Lipinski definition) is 8. The quantitative estimate of drug-likeness (QED) is 0.347. The number of anilines is 2. The van der Waals surface area contributed by atoms with E-state index in [4.69, 9.17) is 0 Å². The van der Waals surface area contributed by atoms with Gasteiger partial charge in [-0.1, -0.05) is 17.8 Å². The van der Waals surface area contributed by atoms with Crippen LogP contribution in [0.3, 0.4) is 0 Å². The van der Waals surface area contributed by atoms with Crippen LogP contribution in [0.5, 0.6) is 0 Å². The van der Waals surface area contributed by atoms with Crippen molar-refractivity contribution in [2.24, 2.45) is 0 Å². The molecule has 2 N–H and O–H groups in total. The summed E-state index contributed by atoms with van der Waals surface area (Å²) in [4.78, 5) is 30.1. The molecule has 3 heterocycles. The fraction of sp³-hybridized carbons (Fsp3) is 0.136. The Labute approximate surface area is 197 Å². The summed E-state index contributed by atoms with van der Waals surface area (Å²) in [5, 5.41) is 17.8. The zero-order valence-electron chi connectivity index (χ0n) is 17.3. The van der Waals surface area contributed by atoms with Crippen LogP contribution >= 0.6 is 34.4 Å². The molecule has 0 atom stereocenters. The lowest BCUT2D eigenvalue weighted by atomic mass is 10.3. The molecule has 7 nitrogen and oxygen atoms in total. The van der Waals surface area contributed by atoms with Crippen LogP contribution in [0.15, 0.2) is 58.9 Å². The van der Waals surface area contributed by atoms with Gasteiger partial charge in [0.2, 0.25) is 11.8 Å². The summed E-state index contributed by atoms with van der Waals surface area (Å²) >= 11 is 4.58. The minimum Gasteiger partial charge on any atom is -0.326 e. The maximum Gasteiger partial charge on any atom is 0.234 e. The molecule has 32 heavy (non-hydrogen) atoms. The molecule has 1 aromatic carbocycles. The molecule has 0 aliphatic carbocycles. The summed E-state index contributed by atoms with van der Waals surface area (Å²) in [6, 6.07) is 14.8. The number of carbonyl (C=O) groups excluding carboxylic acids is 2. The monoisotopic (exact) mass is 481 g/mol. The second-order valence-corrected chi connectivity index (χ2v) is 9.71. The minimum absolute atomic E-state index is 0.140. The van der Waals surface area contributed by atoms with Crippen molar-refractivity contribution in [2.75, 3.05) is 16.4 Å². The van der Waals surface area contributed by atoms with E-state index < -0.39 is 0 Å². The average Bonchev–Trinajstić information content (AvgIpc) is 3.44. The van der Waals surface area contributed by atoms with Gasteiger partial charge in [0.1, 0.15) is 15.7 Å². The lowest BCUT2D eigenvalue weighted by molar-refractivity contribution is -0.114. The maximum absolute atomic E-state index is 12.2. The molecule has 0 aliphatic rings. The Kier molecular flexibility index (Phi) is 6.93. The van der Waals surface area contributed by atoms with Crippen LogP contribution in [0.25, 0.3) is 20.5 Å². The average molecular weight is 482 g/mol. The zero-order chi connectivity index (χ0) is 22.5. The number of hydrogen-bond donors (Lipinski definition) is 2. The highest BCUT2D eigenvalue weighted by molar-refractivity contribution is 7.99. The fourth-order valence-electron chi connectivity index (χ4n) is 2.83. The number of thioether (sulfide) groups is 1. The minimum atomic E-state index is -0.146. The second kappa shape index (κ2) is 10.0. The molecular weight excluding hydrogens is 462 g/mol. The molecule has 0 unspecified atom stereocenters. The Hall–Kier alpha value is -3.08. The lowest BCUT2D eigenvalue weighted by Crippen LogP contribution is -2.14. The van der Waals surface area contributed by atoms with Crippen LogP contribution < -0.4 is 10.6 Å². The largest absolute Gasteiger partial charge is 0.326 e.